The van der Waals surface area contributed by atoms with E-state index in [2.05, 4.69) is 20.9 Å². The summed E-state index contributed by atoms with van der Waals surface area (Å²) in [4.78, 5) is 39.5. The molecule has 37 heavy (non-hydrogen) atoms. The molecule has 2 heterocycles. The number of benzene rings is 2. The number of hydrogen-bond acceptors (Lipinski definition) is 5. The van der Waals surface area contributed by atoms with Crippen molar-refractivity contribution in [1.29, 1.82) is 0 Å². The van der Waals surface area contributed by atoms with E-state index in [0.717, 1.165) is 57.4 Å². The number of piperidine rings is 2. The van der Waals surface area contributed by atoms with E-state index in [4.69, 9.17) is 0 Å². The number of hydrogen-bond donors (Lipinski definition) is 3. The average molecular weight is 509 g/mol. The Morgan fingerprint density at radius 1 is 1.00 bits per heavy atom. The van der Waals surface area contributed by atoms with Gasteiger partial charge in [0, 0.05) is 41.4 Å². The van der Waals surface area contributed by atoms with Crippen molar-refractivity contribution in [3.8, 4) is 0 Å². The molecule has 0 bridgehead atoms. The van der Waals surface area contributed by atoms with Crippen LogP contribution in [0.5, 0.6) is 0 Å². The van der Waals surface area contributed by atoms with Crippen molar-refractivity contribution in [2.75, 3.05) is 31.5 Å². The maximum Gasteiger partial charge on any atom is 0.319 e. The van der Waals surface area contributed by atoms with Gasteiger partial charge in [0.25, 0.3) is 0 Å². The van der Waals surface area contributed by atoms with Crippen LogP contribution in [0.1, 0.15) is 65.8 Å². The lowest BCUT2D eigenvalue weighted by molar-refractivity contribution is 0.0861. The van der Waals surface area contributed by atoms with Crippen LogP contribution in [0.2, 0.25) is 0 Å². The van der Waals surface area contributed by atoms with E-state index < -0.39 is 0 Å². The van der Waals surface area contributed by atoms with Crippen molar-refractivity contribution >= 4 is 23.3 Å². The zero-order chi connectivity index (χ0) is 26.4. The molecule has 2 aromatic carbocycles. The SMILES string of the molecule is CC(=O)c1cc(NC(=O)NC2CCNCC2C(Cc2ccc(F)cc2)N2CCCCC2)cc(C(C)=O)c1. The van der Waals surface area contributed by atoms with Crippen LogP contribution in [0.15, 0.2) is 42.5 Å². The molecule has 7 nitrogen and oxygen atoms in total. The Morgan fingerprint density at radius 3 is 2.27 bits per heavy atom. The first-order chi connectivity index (χ1) is 17.8. The third kappa shape index (κ3) is 7.23. The lowest BCUT2D eigenvalue weighted by Gasteiger charge is -2.44. The fourth-order valence-corrected chi connectivity index (χ4v) is 5.57. The summed E-state index contributed by atoms with van der Waals surface area (Å²) in [6.45, 7) is 6.50. The summed E-state index contributed by atoms with van der Waals surface area (Å²) in [6, 6.07) is 11.3. The van der Waals surface area contributed by atoms with Gasteiger partial charge in [0.05, 0.1) is 0 Å². The molecular weight excluding hydrogens is 471 g/mol. The minimum absolute atomic E-state index is 0.0584. The molecule has 2 aliphatic rings. The van der Waals surface area contributed by atoms with Crippen molar-refractivity contribution in [2.24, 2.45) is 5.92 Å². The number of nitrogens with one attached hydrogen (secondary N) is 3. The average Bonchev–Trinajstić information content (AvgIpc) is 2.89. The van der Waals surface area contributed by atoms with E-state index in [9.17, 15) is 18.8 Å². The van der Waals surface area contributed by atoms with Crippen molar-refractivity contribution in [3.05, 3.63) is 65.0 Å². The first-order valence-electron chi connectivity index (χ1n) is 13.2. The van der Waals surface area contributed by atoms with Gasteiger partial charge >= 0.3 is 6.03 Å². The second kappa shape index (κ2) is 12.4. The van der Waals surface area contributed by atoms with Crippen LogP contribution < -0.4 is 16.0 Å². The van der Waals surface area contributed by atoms with Gasteiger partial charge in [-0.05, 0) is 95.1 Å². The summed E-state index contributed by atoms with van der Waals surface area (Å²) >= 11 is 0. The predicted octanol–water partition coefficient (Wildman–Crippen LogP) is 4.43. The Kier molecular flexibility index (Phi) is 9.05. The maximum atomic E-state index is 13.5. The van der Waals surface area contributed by atoms with Crippen molar-refractivity contribution in [3.63, 3.8) is 0 Å². The number of carbonyl (C=O) groups is 3. The third-order valence-corrected chi connectivity index (χ3v) is 7.56. The van der Waals surface area contributed by atoms with E-state index in [0.29, 0.717) is 16.8 Å². The van der Waals surface area contributed by atoms with E-state index in [-0.39, 0.29) is 41.4 Å². The van der Waals surface area contributed by atoms with Gasteiger partial charge < -0.3 is 16.0 Å². The summed E-state index contributed by atoms with van der Waals surface area (Å²) < 4.78 is 13.5. The summed E-state index contributed by atoms with van der Waals surface area (Å²) in [5, 5.41) is 9.54. The standard InChI is InChI=1S/C29H37FN4O3/c1-19(35)22-15-23(20(2)36)17-25(16-22)32-29(37)33-27-10-11-31-18-26(27)28(34-12-4-3-5-13-34)14-21-6-8-24(30)9-7-21/h6-9,15-17,26-28,31H,3-5,10-14,18H2,1-2H3,(H2,32,33,37). The molecule has 2 fully saturated rings. The number of likely N-dealkylation sites (tertiary alicyclic amines) is 1. The molecule has 0 aromatic heterocycles. The number of rotatable bonds is 8. The summed E-state index contributed by atoms with van der Waals surface area (Å²) in [5.41, 5.74) is 2.27. The molecule has 3 atom stereocenters. The van der Waals surface area contributed by atoms with Gasteiger partial charge in [-0.2, -0.15) is 0 Å². The minimum atomic E-state index is -0.355. The van der Waals surface area contributed by atoms with Gasteiger partial charge in [-0.1, -0.05) is 18.6 Å². The van der Waals surface area contributed by atoms with E-state index in [1.54, 1.807) is 18.2 Å². The minimum Gasteiger partial charge on any atom is -0.335 e. The number of ketones is 2. The van der Waals surface area contributed by atoms with Crippen LogP contribution in [0.4, 0.5) is 14.9 Å². The molecule has 2 amide bonds. The van der Waals surface area contributed by atoms with Crippen molar-refractivity contribution in [1.82, 2.24) is 15.5 Å². The Balaban J connectivity index is 1.52. The lowest BCUT2D eigenvalue weighted by atomic mass is 9.82. The zero-order valence-electron chi connectivity index (χ0n) is 21.7. The van der Waals surface area contributed by atoms with Crippen LogP contribution in [-0.4, -0.2) is 60.8 Å². The molecule has 198 valence electrons. The van der Waals surface area contributed by atoms with E-state index >= 15 is 0 Å². The summed E-state index contributed by atoms with van der Waals surface area (Å²) in [5.74, 6) is -0.417. The van der Waals surface area contributed by atoms with Gasteiger partial charge in [-0.25, -0.2) is 9.18 Å². The monoisotopic (exact) mass is 508 g/mol. The van der Waals surface area contributed by atoms with E-state index in [1.165, 1.54) is 32.4 Å². The summed E-state index contributed by atoms with van der Waals surface area (Å²) in [7, 11) is 0. The molecular formula is C29H37FN4O3. The second-order valence-corrected chi connectivity index (χ2v) is 10.3. The Labute approximate surface area is 218 Å². The number of amides is 2. The number of nitrogens with zero attached hydrogens (tertiary/aromatic N) is 1. The second-order valence-electron chi connectivity index (χ2n) is 10.3. The molecule has 0 radical (unpaired) electrons. The molecule has 2 aliphatic heterocycles. The van der Waals surface area contributed by atoms with E-state index in [1.807, 2.05) is 12.1 Å². The molecule has 3 unspecified atom stereocenters. The first kappa shape index (κ1) is 26.9. The van der Waals surface area contributed by atoms with Crippen LogP contribution in [-0.2, 0) is 6.42 Å². The highest BCUT2D eigenvalue weighted by Gasteiger charge is 2.36. The number of carbonyl (C=O) groups excluding carboxylic acids is 3. The van der Waals surface area contributed by atoms with Crippen molar-refractivity contribution < 1.29 is 18.8 Å². The van der Waals surface area contributed by atoms with Crippen molar-refractivity contribution in [2.45, 2.75) is 58.0 Å². The zero-order valence-corrected chi connectivity index (χ0v) is 21.7. The summed E-state index contributed by atoms with van der Waals surface area (Å²) in [6.07, 6.45) is 5.12. The molecule has 8 heteroatoms. The Bertz CT molecular complexity index is 1080. The van der Waals surface area contributed by atoms with Gasteiger partial charge in [0.1, 0.15) is 5.82 Å². The quantitative estimate of drug-likeness (QED) is 0.459. The molecule has 2 saturated heterocycles. The highest BCUT2D eigenvalue weighted by Crippen LogP contribution is 2.27. The van der Waals surface area contributed by atoms with Crippen LogP contribution in [0.3, 0.4) is 0 Å². The predicted molar refractivity (Wildman–Crippen MR) is 143 cm³/mol. The topological polar surface area (TPSA) is 90.5 Å². The third-order valence-electron chi connectivity index (χ3n) is 7.56. The van der Waals surface area contributed by atoms with Gasteiger partial charge in [0.15, 0.2) is 11.6 Å². The van der Waals surface area contributed by atoms with Gasteiger partial charge in [-0.3, -0.25) is 14.5 Å². The number of anilines is 1. The van der Waals surface area contributed by atoms with Crippen LogP contribution >= 0.6 is 0 Å². The highest BCUT2D eigenvalue weighted by molar-refractivity contribution is 6.02. The Hall–Kier alpha value is -3.10. The smallest absolute Gasteiger partial charge is 0.319 e. The maximum absolute atomic E-state index is 13.5. The number of urea groups is 1. The van der Waals surface area contributed by atoms with Gasteiger partial charge in [0.2, 0.25) is 0 Å². The molecule has 3 N–H and O–H groups in total. The molecule has 0 saturated carbocycles. The Morgan fingerprint density at radius 2 is 1.65 bits per heavy atom. The van der Waals surface area contributed by atoms with Crippen LogP contribution in [0, 0.1) is 11.7 Å². The van der Waals surface area contributed by atoms with Crippen LogP contribution in [0.25, 0.3) is 0 Å². The number of Topliss-reactive ketones (excluding diaryl/α,β-unsaturated/α-hetero) is 2. The first-order valence-corrected chi connectivity index (χ1v) is 13.2. The fourth-order valence-electron chi connectivity index (χ4n) is 5.57. The highest BCUT2D eigenvalue weighted by atomic mass is 19.1. The lowest BCUT2D eigenvalue weighted by Crippen LogP contribution is -2.59. The normalized spacial score (nSPS) is 21.2. The number of halogens is 1. The molecule has 0 aliphatic carbocycles. The largest absolute Gasteiger partial charge is 0.335 e. The molecule has 2 aromatic rings. The molecule has 0 spiro atoms. The molecule has 4 rings (SSSR count). The van der Waals surface area contributed by atoms with Gasteiger partial charge in [-0.15, -0.1) is 0 Å². The fraction of sp³-hybridized carbons (Fsp3) is 0.483.